The van der Waals surface area contributed by atoms with Gasteiger partial charge in [0, 0.05) is 47.6 Å². The number of aromatic nitrogens is 2. The number of rotatable bonds is 5. The Balaban J connectivity index is 1.47. The number of carbonyl (C=O) groups excluding carboxylic acids is 3. The van der Waals surface area contributed by atoms with Crippen LogP contribution in [-0.2, 0) is 4.79 Å². The smallest absolute Gasteiger partial charge is 0.275 e. The van der Waals surface area contributed by atoms with Gasteiger partial charge in [0.15, 0.2) is 0 Å². The highest BCUT2D eigenvalue weighted by atomic mass is 35.5. The van der Waals surface area contributed by atoms with Crippen LogP contribution in [0.5, 0.6) is 0 Å². The van der Waals surface area contributed by atoms with Crippen molar-refractivity contribution < 1.29 is 23.2 Å². The average molecular weight is 576 g/mol. The quantitative estimate of drug-likeness (QED) is 0.300. The summed E-state index contributed by atoms with van der Waals surface area (Å²) >= 11 is 6.50. The Bertz CT molecular complexity index is 1700. The van der Waals surface area contributed by atoms with Crippen LogP contribution in [0.15, 0.2) is 85.1 Å². The number of fused-ring (bicyclic) bond motifs is 1. The lowest BCUT2D eigenvalue weighted by atomic mass is 9.97. The van der Waals surface area contributed by atoms with E-state index < -0.39 is 35.6 Å². The van der Waals surface area contributed by atoms with Crippen LogP contribution in [0, 0.1) is 6.92 Å². The van der Waals surface area contributed by atoms with Gasteiger partial charge in [-0.25, -0.2) is 13.5 Å². The van der Waals surface area contributed by atoms with Crippen LogP contribution in [0.4, 0.5) is 20.2 Å². The van der Waals surface area contributed by atoms with Gasteiger partial charge in [-0.3, -0.25) is 14.4 Å². The van der Waals surface area contributed by atoms with Crippen molar-refractivity contribution in [2.24, 2.45) is 5.73 Å². The highest BCUT2D eigenvalue weighted by Crippen LogP contribution is 2.43. The van der Waals surface area contributed by atoms with Crippen molar-refractivity contribution in [3.63, 3.8) is 0 Å². The Morgan fingerprint density at radius 2 is 1.78 bits per heavy atom. The van der Waals surface area contributed by atoms with E-state index in [4.69, 9.17) is 17.3 Å². The maximum Gasteiger partial charge on any atom is 0.275 e. The SMILES string of the molecule is Cc1ccn(-c2ccc(C(=O)N3CCC(F)(F)/C(=C\C(=O)Nc4ccc(C(N)=O)cc4)c4ccccc43)c(Cl)c2)n1. The van der Waals surface area contributed by atoms with E-state index in [1.54, 1.807) is 41.2 Å². The minimum atomic E-state index is -3.43. The molecular formula is C30H24ClF2N5O3. The fourth-order valence-corrected chi connectivity index (χ4v) is 4.84. The molecule has 0 bridgehead atoms. The molecule has 1 aliphatic heterocycles. The third-order valence-electron chi connectivity index (χ3n) is 6.66. The molecule has 0 spiro atoms. The predicted molar refractivity (Wildman–Crippen MR) is 153 cm³/mol. The van der Waals surface area contributed by atoms with Crippen LogP contribution in [0.25, 0.3) is 11.3 Å². The topological polar surface area (TPSA) is 110 Å². The molecule has 3 aromatic carbocycles. The molecule has 8 nitrogen and oxygen atoms in total. The van der Waals surface area contributed by atoms with E-state index in [1.807, 2.05) is 13.0 Å². The number of nitrogens with one attached hydrogen (secondary N) is 1. The minimum Gasteiger partial charge on any atom is -0.366 e. The third-order valence-corrected chi connectivity index (χ3v) is 6.97. The number of primary amides is 1. The number of hydrogen-bond donors (Lipinski definition) is 2. The van der Waals surface area contributed by atoms with Gasteiger partial charge in [0.1, 0.15) is 0 Å². The number of nitrogens with zero attached hydrogens (tertiary/aromatic N) is 3. The van der Waals surface area contributed by atoms with Crippen molar-refractivity contribution in [2.75, 3.05) is 16.8 Å². The maximum atomic E-state index is 15.5. The van der Waals surface area contributed by atoms with E-state index in [9.17, 15) is 14.4 Å². The zero-order valence-electron chi connectivity index (χ0n) is 21.8. The Kier molecular flexibility index (Phi) is 7.42. The molecule has 3 amide bonds. The lowest BCUT2D eigenvalue weighted by Gasteiger charge is -2.23. The maximum absolute atomic E-state index is 15.5. The van der Waals surface area contributed by atoms with Crippen molar-refractivity contribution in [3.8, 4) is 5.69 Å². The number of hydrogen-bond acceptors (Lipinski definition) is 4. The molecule has 0 saturated heterocycles. The van der Waals surface area contributed by atoms with Crippen LogP contribution in [-0.4, -0.2) is 40.0 Å². The Morgan fingerprint density at radius 3 is 2.44 bits per heavy atom. The number of benzene rings is 3. The summed E-state index contributed by atoms with van der Waals surface area (Å²) in [5.74, 6) is -5.41. The van der Waals surface area contributed by atoms with E-state index >= 15 is 8.78 Å². The van der Waals surface area contributed by atoms with Gasteiger partial charge >= 0.3 is 0 Å². The number of aryl methyl sites for hydroxylation is 1. The molecule has 0 unspecified atom stereocenters. The molecule has 2 heterocycles. The number of amides is 3. The number of halogens is 3. The lowest BCUT2D eigenvalue weighted by Crippen LogP contribution is -2.33. The Morgan fingerprint density at radius 1 is 1.05 bits per heavy atom. The van der Waals surface area contributed by atoms with E-state index in [1.165, 1.54) is 41.3 Å². The van der Waals surface area contributed by atoms with Gasteiger partial charge in [-0.1, -0.05) is 29.8 Å². The summed E-state index contributed by atoms with van der Waals surface area (Å²) in [6.45, 7) is 1.53. The molecule has 4 aromatic rings. The summed E-state index contributed by atoms with van der Waals surface area (Å²) in [6.07, 6.45) is 1.88. The fraction of sp³-hybridized carbons (Fsp3) is 0.133. The Hall–Kier alpha value is -4.83. The molecule has 1 aliphatic rings. The van der Waals surface area contributed by atoms with Crippen molar-refractivity contribution in [1.29, 1.82) is 0 Å². The second kappa shape index (κ2) is 11.0. The summed E-state index contributed by atoms with van der Waals surface area (Å²) in [7, 11) is 0. The first-order chi connectivity index (χ1) is 19.5. The molecule has 41 heavy (non-hydrogen) atoms. The van der Waals surface area contributed by atoms with Gasteiger partial charge in [-0.15, -0.1) is 0 Å². The summed E-state index contributed by atoms with van der Waals surface area (Å²) in [5.41, 5.74) is 7.10. The van der Waals surface area contributed by atoms with Gasteiger partial charge in [0.25, 0.3) is 11.8 Å². The summed E-state index contributed by atoms with van der Waals surface area (Å²) in [6, 6.07) is 18.5. The lowest BCUT2D eigenvalue weighted by molar-refractivity contribution is -0.112. The van der Waals surface area contributed by atoms with Crippen molar-refractivity contribution in [2.45, 2.75) is 19.3 Å². The van der Waals surface area contributed by atoms with Gasteiger partial charge in [-0.05, 0) is 61.5 Å². The first kappa shape index (κ1) is 27.7. The standard InChI is InChI=1S/C30H24ClF2N5O3/c1-18-12-14-38(36-18)21-10-11-23(25(31)16-21)29(41)37-15-13-30(32,33)24(22-4-2-3-5-26(22)37)17-27(39)35-20-8-6-19(7-9-20)28(34)40/h2-12,14,16-17H,13,15H2,1H3,(H2,34,40)(H,35,39)/b24-17-. The second-order valence-corrected chi connectivity index (χ2v) is 9.89. The highest BCUT2D eigenvalue weighted by molar-refractivity contribution is 6.34. The average Bonchev–Trinajstić information content (AvgIpc) is 3.34. The van der Waals surface area contributed by atoms with E-state index in [0.717, 1.165) is 11.8 Å². The van der Waals surface area contributed by atoms with Crippen molar-refractivity contribution >= 4 is 46.3 Å². The number of allylic oxidation sites excluding steroid dienone is 1. The number of para-hydroxylation sites is 1. The van der Waals surface area contributed by atoms with Crippen molar-refractivity contribution in [3.05, 3.63) is 112 Å². The van der Waals surface area contributed by atoms with E-state index in [0.29, 0.717) is 11.4 Å². The van der Waals surface area contributed by atoms with E-state index in [2.05, 4.69) is 10.4 Å². The van der Waals surface area contributed by atoms with Crippen LogP contribution in [0.3, 0.4) is 0 Å². The zero-order valence-corrected chi connectivity index (χ0v) is 22.5. The van der Waals surface area contributed by atoms with E-state index in [-0.39, 0.29) is 33.9 Å². The highest BCUT2D eigenvalue weighted by Gasteiger charge is 2.41. The third kappa shape index (κ3) is 5.73. The number of alkyl halides is 2. The molecule has 1 aromatic heterocycles. The number of carbonyl (C=O) groups is 3. The Labute approximate surface area is 239 Å². The first-order valence-corrected chi connectivity index (χ1v) is 13.0. The zero-order chi connectivity index (χ0) is 29.3. The molecule has 0 atom stereocenters. The molecule has 208 valence electrons. The molecular weight excluding hydrogens is 552 g/mol. The monoisotopic (exact) mass is 575 g/mol. The molecule has 11 heteroatoms. The van der Waals surface area contributed by atoms with Gasteiger partial charge in [-0.2, -0.15) is 5.10 Å². The summed E-state index contributed by atoms with van der Waals surface area (Å²) in [5, 5.41) is 7.01. The minimum absolute atomic E-state index is 0.0438. The normalized spacial score (nSPS) is 15.2. The number of anilines is 2. The number of nitrogens with two attached hydrogens (primary N) is 1. The summed E-state index contributed by atoms with van der Waals surface area (Å²) < 4.78 is 32.7. The molecule has 0 radical (unpaired) electrons. The fourth-order valence-electron chi connectivity index (χ4n) is 4.59. The van der Waals surface area contributed by atoms with Crippen LogP contribution >= 0.6 is 11.6 Å². The summed E-state index contributed by atoms with van der Waals surface area (Å²) in [4.78, 5) is 39.0. The molecule has 0 aliphatic carbocycles. The van der Waals surface area contributed by atoms with Gasteiger partial charge in [0.2, 0.25) is 11.8 Å². The predicted octanol–water partition coefficient (Wildman–Crippen LogP) is 5.64. The molecule has 0 saturated carbocycles. The largest absolute Gasteiger partial charge is 0.366 e. The van der Waals surface area contributed by atoms with Crippen LogP contribution < -0.4 is 16.0 Å². The van der Waals surface area contributed by atoms with Gasteiger partial charge < -0.3 is 16.0 Å². The van der Waals surface area contributed by atoms with Crippen LogP contribution in [0.2, 0.25) is 5.02 Å². The molecule has 0 fully saturated rings. The van der Waals surface area contributed by atoms with Gasteiger partial charge in [0.05, 0.1) is 27.7 Å². The van der Waals surface area contributed by atoms with Crippen LogP contribution in [0.1, 0.15) is 38.4 Å². The molecule has 3 N–H and O–H groups in total. The first-order valence-electron chi connectivity index (χ1n) is 12.6. The molecule has 5 rings (SSSR count). The second-order valence-electron chi connectivity index (χ2n) is 9.48. The van der Waals surface area contributed by atoms with Crippen molar-refractivity contribution in [1.82, 2.24) is 9.78 Å².